The summed E-state index contributed by atoms with van der Waals surface area (Å²) >= 11 is 0. The molecule has 0 saturated heterocycles. The molecular weight excluding hydrogens is 310 g/mol. The second-order valence-electron chi connectivity index (χ2n) is 6.09. The van der Waals surface area contributed by atoms with E-state index in [4.69, 9.17) is 5.14 Å². The molecule has 0 atom stereocenters. The number of hydrogen-bond donors (Lipinski definition) is 2. The van der Waals surface area contributed by atoms with Gasteiger partial charge < -0.3 is 4.98 Å². The number of hydrogen-bond acceptors (Lipinski definition) is 3. The minimum atomic E-state index is -3.60. The first-order valence-electron chi connectivity index (χ1n) is 7.57. The van der Waals surface area contributed by atoms with E-state index in [0.29, 0.717) is 12.8 Å². The highest BCUT2D eigenvalue weighted by Gasteiger charge is 2.48. The molecule has 2 heterocycles. The number of nitrogens with two attached hydrogens (primary N) is 1. The normalized spacial score (nSPS) is 17.1. The Balaban J connectivity index is 1.73. The van der Waals surface area contributed by atoms with E-state index in [9.17, 15) is 8.42 Å². The third kappa shape index (κ3) is 2.17. The molecule has 3 aromatic rings. The van der Waals surface area contributed by atoms with Gasteiger partial charge in [-0.1, -0.05) is 24.3 Å². The van der Waals surface area contributed by atoms with Crippen molar-refractivity contribution in [1.29, 1.82) is 0 Å². The van der Waals surface area contributed by atoms with Crippen LogP contribution in [0.2, 0.25) is 0 Å². The van der Waals surface area contributed by atoms with Crippen LogP contribution in [0.15, 0.2) is 48.7 Å². The van der Waals surface area contributed by atoms with Crippen molar-refractivity contribution in [3.05, 3.63) is 54.2 Å². The monoisotopic (exact) mass is 327 g/mol. The van der Waals surface area contributed by atoms with Gasteiger partial charge in [0.2, 0.25) is 10.0 Å². The number of H-pyrrole nitrogens is 1. The van der Waals surface area contributed by atoms with Gasteiger partial charge in [-0.15, -0.1) is 0 Å². The number of pyridine rings is 1. The highest BCUT2D eigenvalue weighted by Crippen LogP contribution is 2.47. The van der Waals surface area contributed by atoms with Crippen LogP contribution in [0.1, 0.15) is 24.8 Å². The van der Waals surface area contributed by atoms with Crippen molar-refractivity contribution in [3.8, 4) is 11.3 Å². The summed E-state index contributed by atoms with van der Waals surface area (Å²) in [6, 6.07) is 13.6. The van der Waals surface area contributed by atoms with E-state index in [1.807, 2.05) is 42.5 Å². The van der Waals surface area contributed by atoms with Crippen LogP contribution in [0.25, 0.3) is 22.3 Å². The fourth-order valence-electron chi connectivity index (χ4n) is 3.30. The second kappa shape index (κ2) is 4.91. The number of aromatic nitrogens is 2. The molecule has 23 heavy (non-hydrogen) atoms. The van der Waals surface area contributed by atoms with Crippen molar-refractivity contribution < 1.29 is 8.42 Å². The lowest BCUT2D eigenvalue weighted by atomic mass is 9.78. The van der Waals surface area contributed by atoms with Gasteiger partial charge in [0.1, 0.15) is 10.4 Å². The summed E-state index contributed by atoms with van der Waals surface area (Å²) in [5.41, 5.74) is 3.58. The van der Waals surface area contributed by atoms with E-state index < -0.39 is 14.8 Å². The molecule has 0 bridgehead atoms. The number of rotatable bonds is 3. The lowest BCUT2D eigenvalue weighted by molar-refractivity contribution is 0.345. The molecule has 3 N–H and O–H groups in total. The summed E-state index contributed by atoms with van der Waals surface area (Å²) in [5.74, 6) is 0. The van der Waals surface area contributed by atoms with Crippen molar-refractivity contribution in [2.75, 3.05) is 0 Å². The Morgan fingerprint density at radius 2 is 1.87 bits per heavy atom. The molecule has 2 aromatic heterocycles. The minimum absolute atomic E-state index is 0.599. The maximum Gasteiger partial charge on any atom is 0.219 e. The first kappa shape index (κ1) is 14.4. The number of aromatic amines is 1. The minimum Gasteiger partial charge on any atom is -0.339 e. The fourth-order valence-corrected chi connectivity index (χ4v) is 4.62. The fraction of sp³-hybridized carbons (Fsp3) is 0.235. The van der Waals surface area contributed by atoms with Crippen molar-refractivity contribution in [2.24, 2.45) is 5.14 Å². The first-order valence-corrected chi connectivity index (χ1v) is 9.11. The molecule has 1 aliphatic carbocycles. The van der Waals surface area contributed by atoms with Crippen LogP contribution in [-0.2, 0) is 14.8 Å². The largest absolute Gasteiger partial charge is 0.339 e. The molecule has 1 aromatic carbocycles. The molecule has 4 rings (SSSR count). The molecule has 0 unspecified atom stereocenters. The molecule has 5 nitrogen and oxygen atoms in total. The molecule has 0 radical (unpaired) electrons. The van der Waals surface area contributed by atoms with Gasteiger partial charge in [-0.25, -0.2) is 18.5 Å². The highest BCUT2D eigenvalue weighted by atomic mass is 32.2. The maximum absolute atomic E-state index is 12.0. The third-order valence-corrected chi connectivity index (χ3v) is 6.55. The Hall–Kier alpha value is -2.18. The van der Waals surface area contributed by atoms with Crippen LogP contribution in [0.5, 0.6) is 0 Å². The van der Waals surface area contributed by atoms with Crippen LogP contribution < -0.4 is 5.14 Å². The van der Waals surface area contributed by atoms with E-state index in [2.05, 4.69) is 9.97 Å². The average Bonchev–Trinajstić information content (AvgIpc) is 2.89. The van der Waals surface area contributed by atoms with Gasteiger partial charge in [0, 0.05) is 17.3 Å². The van der Waals surface area contributed by atoms with E-state index in [0.717, 1.165) is 34.3 Å². The molecule has 6 heteroatoms. The molecule has 0 aliphatic heterocycles. The topological polar surface area (TPSA) is 88.8 Å². The number of sulfonamides is 1. The number of primary sulfonamides is 1. The van der Waals surface area contributed by atoms with Gasteiger partial charge in [-0.05, 0) is 48.6 Å². The molecule has 0 spiro atoms. The Morgan fingerprint density at radius 3 is 2.43 bits per heavy atom. The number of fused-ring (bicyclic) bond motifs is 1. The van der Waals surface area contributed by atoms with Crippen molar-refractivity contribution in [1.82, 2.24) is 9.97 Å². The van der Waals surface area contributed by atoms with E-state index in [1.165, 1.54) is 0 Å². The highest BCUT2D eigenvalue weighted by molar-refractivity contribution is 7.90. The third-order valence-electron chi connectivity index (χ3n) is 4.82. The quantitative estimate of drug-likeness (QED) is 0.775. The predicted octanol–water partition coefficient (Wildman–Crippen LogP) is 2.90. The smallest absolute Gasteiger partial charge is 0.219 e. The lowest BCUT2D eigenvalue weighted by Crippen LogP contribution is -2.46. The van der Waals surface area contributed by atoms with Gasteiger partial charge in [-0.2, -0.15) is 0 Å². The summed E-state index contributed by atoms with van der Waals surface area (Å²) in [6.07, 6.45) is 3.84. The molecule has 1 fully saturated rings. The van der Waals surface area contributed by atoms with E-state index in [-0.39, 0.29) is 0 Å². The van der Waals surface area contributed by atoms with E-state index in [1.54, 1.807) is 6.20 Å². The van der Waals surface area contributed by atoms with Gasteiger partial charge in [0.05, 0.1) is 0 Å². The number of nitrogens with zero attached hydrogens (tertiary/aromatic N) is 1. The number of nitrogens with one attached hydrogen (secondary N) is 1. The van der Waals surface area contributed by atoms with Crippen molar-refractivity contribution in [3.63, 3.8) is 0 Å². The van der Waals surface area contributed by atoms with Gasteiger partial charge in [-0.3, -0.25) is 0 Å². The molecule has 0 amide bonds. The van der Waals surface area contributed by atoms with E-state index >= 15 is 0 Å². The molecule has 1 saturated carbocycles. The Bertz CT molecular complexity index is 938. The van der Waals surface area contributed by atoms with Crippen LogP contribution in [0.4, 0.5) is 0 Å². The average molecular weight is 327 g/mol. The number of benzene rings is 1. The van der Waals surface area contributed by atoms with Gasteiger partial charge in [0.15, 0.2) is 0 Å². The summed E-state index contributed by atoms with van der Waals surface area (Å²) in [5, 5.41) is 6.51. The summed E-state index contributed by atoms with van der Waals surface area (Å²) in [7, 11) is -3.60. The zero-order valence-electron chi connectivity index (χ0n) is 12.5. The van der Waals surface area contributed by atoms with Crippen LogP contribution in [-0.4, -0.2) is 18.4 Å². The zero-order chi connectivity index (χ0) is 16.1. The second-order valence-corrected chi connectivity index (χ2v) is 7.97. The molecule has 1 aliphatic rings. The Labute approximate surface area is 134 Å². The summed E-state index contributed by atoms with van der Waals surface area (Å²) in [4.78, 5) is 7.56. The maximum atomic E-state index is 12.0. The first-order chi connectivity index (χ1) is 11.0. The van der Waals surface area contributed by atoms with Crippen LogP contribution in [0.3, 0.4) is 0 Å². The molecule has 118 valence electrons. The Morgan fingerprint density at radius 1 is 1.13 bits per heavy atom. The van der Waals surface area contributed by atoms with Crippen molar-refractivity contribution in [2.45, 2.75) is 24.0 Å². The lowest BCUT2D eigenvalue weighted by Gasteiger charge is -2.39. The van der Waals surface area contributed by atoms with Crippen LogP contribution in [0, 0.1) is 0 Å². The van der Waals surface area contributed by atoms with Crippen LogP contribution >= 0.6 is 0 Å². The summed E-state index contributed by atoms with van der Waals surface area (Å²) in [6.45, 7) is 0. The Kier molecular flexibility index (Phi) is 3.08. The summed E-state index contributed by atoms with van der Waals surface area (Å²) < 4.78 is 23.0. The predicted molar refractivity (Wildman–Crippen MR) is 90.2 cm³/mol. The molecular formula is C17H17N3O2S. The SMILES string of the molecule is NS(=O)(=O)C1(c2ccc(-c3cc4cccnc4[nH]3)cc2)CCC1. The zero-order valence-corrected chi connectivity index (χ0v) is 13.3. The van der Waals surface area contributed by atoms with Gasteiger partial charge in [0.25, 0.3) is 0 Å². The standard InChI is InChI=1S/C17H17N3O2S/c18-23(21,22)17(8-2-9-17)14-6-4-12(5-7-14)15-11-13-3-1-10-19-16(13)20-15/h1,3-7,10-11H,2,8-9H2,(H,19,20)(H2,18,21,22). The van der Waals surface area contributed by atoms with Crippen molar-refractivity contribution >= 4 is 21.1 Å². The van der Waals surface area contributed by atoms with Gasteiger partial charge >= 0.3 is 0 Å².